The van der Waals surface area contributed by atoms with Gasteiger partial charge in [0.1, 0.15) is 17.6 Å². The van der Waals surface area contributed by atoms with Gasteiger partial charge >= 0.3 is 0 Å². The largest absolute Gasteiger partial charge is 0.496 e. The number of hydrogen-bond donors (Lipinski definition) is 2. The van der Waals surface area contributed by atoms with Gasteiger partial charge in [0.15, 0.2) is 0 Å². The number of carbonyl (C=O) groups is 3. The molecule has 278 valence electrons. The molecule has 0 bridgehead atoms. The summed E-state index contributed by atoms with van der Waals surface area (Å²) in [7, 11) is 3.41. The zero-order valence-corrected chi connectivity index (χ0v) is 30.9. The highest BCUT2D eigenvalue weighted by Gasteiger charge is 2.30. The number of nitrogens with one attached hydrogen (secondary N) is 2. The molecule has 3 aromatic carbocycles. The molecule has 10 nitrogen and oxygen atoms in total. The second-order valence-electron chi connectivity index (χ2n) is 14.6. The van der Waals surface area contributed by atoms with Crippen LogP contribution in [-0.4, -0.2) is 78.0 Å². The van der Waals surface area contributed by atoms with Crippen LogP contribution in [0.15, 0.2) is 65.6 Å². The average molecular weight is 742 g/mol. The molecule has 3 amide bonds. The van der Waals surface area contributed by atoms with Crippen LogP contribution in [0, 0.1) is 11.7 Å². The number of methoxy groups -OCH3 is 1. The van der Waals surface area contributed by atoms with E-state index in [-0.39, 0.29) is 35.5 Å². The molecule has 1 atom stereocenters. The standard InChI is InChI=1S/C41H45ClFN5O5/c1-46-23-33(30-5-3-4-6-31(30)41(46)52)27-20-34(42)32(37(21-27)53-2)19-25-11-15-47(16-12-25)24-39(50)48-17-13-26(14-18-48)29-8-7-28(22-35(29)43)44-36-9-10-38(49)45-40(36)51/h3-8,20-23,25-26,36,44H,9-19,24H2,1-2H3,(H,45,49,51). The van der Waals surface area contributed by atoms with Crippen molar-refractivity contribution in [1.29, 1.82) is 0 Å². The van der Waals surface area contributed by atoms with Crippen molar-refractivity contribution in [3.05, 3.63) is 93.1 Å². The number of aryl methyl sites for hydroxylation is 1. The van der Waals surface area contributed by atoms with E-state index in [1.54, 1.807) is 30.9 Å². The summed E-state index contributed by atoms with van der Waals surface area (Å²) in [5.41, 5.74) is 3.86. The number of anilines is 1. The Balaban J connectivity index is 0.903. The normalized spacial score (nSPS) is 19.0. The lowest BCUT2D eigenvalue weighted by Gasteiger charge is -2.36. The first-order valence-corrected chi connectivity index (χ1v) is 18.8. The summed E-state index contributed by atoms with van der Waals surface area (Å²) in [6.45, 7) is 3.18. The first-order valence-electron chi connectivity index (χ1n) is 18.4. The van der Waals surface area contributed by atoms with E-state index in [1.165, 1.54) is 6.07 Å². The van der Waals surface area contributed by atoms with E-state index in [1.807, 2.05) is 47.5 Å². The number of pyridine rings is 1. The van der Waals surface area contributed by atoms with Crippen molar-refractivity contribution in [2.24, 2.45) is 13.0 Å². The van der Waals surface area contributed by atoms with Crippen molar-refractivity contribution in [2.45, 2.75) is 56.9 Å². The van der Waals surface area contributed by atoms with Gasteiger partial charge < -0.3 is 19.5 Å². The minimum atomic E-state index is -0.570. The number of benzene rings is 3. The number of carbonyl (C=O) groups excluding carboxylic acids is 3. The summed E-state index contributed by atoms with van der Waals surface area (Å²) in [5, 5.41) is 7.51. The van der Waals surface area contributed by atoms with Crippen LogP contribution in [-0.2, 0) is 27.9 Å². The molecule has 3 fully saturated rings. The van der Waals surface area contributed by atoms with E-state index >= 15 is 4.39 Å². The van der Waals surface area contributed by atoms with Gasteiger partial charge in [0, 0.05) is 60.0 Å². The molecule has 7 rings (SSSR count). The molecule has 0 radical (unpaired) electrons. The number of fused-ring (bicyclic) bond motifs is 1. The van der Waals surface area contributed by atoms with Crippen LogP contribution in [0.25, 0.3) is 21.9 Å². The molecule has 2 N–H and O–H groups in total. The summed E-state index contributed by atoms with van der Waals surface area (Å²) >= 11 is 6.94. The first kappa shape index (κ1) is 36.6. The Morgan fingerprint density at radius 3 is 2.40 bits per heavy atom. The van der Waals surface area contributed by atoms with Crippen molar-refractivity contribution in [3.63, 3.8) is 0 Å². The Bertz CT molecular complexity index is 2100. The summed E-state index contributed by atoms with van der Waals surface area (Å²) in [6, 6.07) is 16.0. The van der Waals surface area contributed by atoms with E-state index in [9.17, 15) is 19.2 Å². The van der Waals surface area contributed by atoms with Gasteiger partial charge in [-0.25, -0.2) is 4.39 Å². The smallest absolute Gasteiger partial charge is 0.258 e. The van der Waals surface area contributed by atoms with Gasteiger partial charge in [-0.2, -0.15) is 0 Å². The molecule has 3 aliphatic heterocycles. The molecule has 3 saturated heterocycles. The van der Waals surface area contributed by atoms with Crippen LogP contribution < -0.4 is 20.9 Å². The molecule has 1 unspecified atom stereocenters. The van der Waals surface area contributed by atoms with Crippen molar-refractivity contribution >= 4 is 45.8 Å². The fourth-order valence-corrected chi connectivity index (χ4v) is 8.43. The van der Waals surface area contributed by atoms with Crippen molar-refractivity contribution < 1.29 is 23.5 Å². The Morgan fingerprint density at radius 1 is 0.962 bits per heavy atom. The van der Waals surface area contributed by atoms with Crippen LogP contribution in [0.2, 0.25) is 5.02 Å². The average Bonchev–Trinajstić information content (AvgIpc) is 3.16. The van der Waals surface area contributed by atoms with Gasteiger partial charge in [0.25, 0.3) is 5.56 Å². The Labute approximate surface area is 313 Å². The number of piperidine rings is 3. The number of aromatic nitrogens is 1. The molecular weight excluding hydrogens is 697 g/mol. The van der Waals surface area contributed by atoms with E-state index in [0.717, 1.165) is 60.2 Å². The number of nitrogens with zero attached hydrogens (tertiary/aromatic N) is 3. The molecule has 0 spiro atoms. The molecule has 0 aliphatic carbocycles. The number of hydrogen-bond acceptors (Lipinski definition) is 7. The second kappa shape index (κ2) is 15.7. The van der Waals surface area contributed by atoms with Crippen molar-refractivity contribution in [2.75, 3.05) is 45.2 Å². The Kier molecular flexibility index (Phi) is 10.8. The van der Waals surface area contributed by atoms with E-state index in [4.69, 9.17) is 16.3 Å². The monoisotopic (exact) mass is 741 g/mol. The Morgan fingerprint density at radius 2 is 1.70 bits per heavy atom. The highest BCUT2D eigenvalue weighted by atomic mass is 35.5. The number of likely N-dealkylation sites (tertiary alicyclic amines) is 2. The summed E-state index contributed by atoms with van der Waals surface area (Å²) in [4.78, 5) is 53.7. The molecular formula is C41H45ClFN5O5. The van der Waals surface area contributed by atoms with E-state index in [0.29, 0.717) is 66.5 Å². The fraction of sp³-hybridized carbons (Fsp3) is 0.415. The number of imide groups is 1. The lowest BCUT2D eigenvalue weighted by atomic mass is 9.88. The number of ether oxygens (including phenoxy) is 1. The lowest BCUT2D eigenvalue weighted by Crippen LogP contribution is -2.47. The van der Waals surface area contributed by atoms with Gasteiger partial charge in [-0.15, -0.1) is 0 Å². The third-order valence-corrected chi connectivity index (χ3v) is 11.5. The molecule has 0 saturated carbocycles. The van der Waals surface area contributed by atoms with Gasteiger partial charge in [-0.05, 0) is 110 Å². The molecule has 4 aromatic rings. The minimum Gasteiger partial charge on any atom is -0.496 e. The fourth-order valence-electron chi connectivity index (χ4n) is 8.14. The predicted molar refractivity (Wildman–Crippen MR) is 204 cm³/mol. The van der Waals surface area contributed by atoms with Crippen LogP contribution >= 0.6 is 11.6 Å². The number of halogens is 2. The summed E-state index contributed by atoms with van der Waals surface area (Å²) in [6.07, 6.45) is 6.49. The van der Waals surface area contributed by atoms with Gasteiger partial charge in [-0.1, -0.05) is 35.9 Å². The van der Waals surface area contributed by atoms with Crippen LogP contribution in [0.1, 0.15) is 55.6 Å². The molecule has 12 heteroatoms. The predicted octanol–water partition coefficient (Wildman–Crippen LogP) is 5.88. The van der Waals surface area contributed by atoms with Crippen LogP contribution in [0.5, 0.6) is 5.75 Å². The Hall–Kier alpha value is -4.74. The van der Waals surface area contributed by atoms with Crippen LogP contribution in [0.4, 0.5) is 10.1 Å². The summed E-state index contributed by atoms with van der Waals surface area (Å²) in [5.74, 6) is 0.229. The topological polar surface area (TPSA) is 113 Å². The second-order valence-corrected chi connectivity index (χ2v) is 15.0. The first-order chi connectivity index (χ1) is 25.6. The van der Waals surface area contributed by atoms with Gasteiger partial charge in [-0.3, -0.25) is 29.4 Å². The quantitative estimate of drug-likeness (QED) is 0.206. The molecule has 53 heavy (non-hydrogen) atoms. The van der Waals surface area contributed by atoms with Crippen LogP contribution in [0.3, 0.4) is 0 Å². The van der Waals surface area contributed by atoms with Gasteiger partial charge in [0.2, 0.25) is 17.7 Å². The van der Waals surface area contributed by atoms with E-state index in [2.05, 4.69) is 15.5 Å². The third kappa shape index (κ3) is 7.96. The third-order valence-electron chi connectivity index (χ3n) is 11.2. The number of rotatable bonds is 9. The van der Waals surface area contributed by atoms with Crippen molar-refractivity contribution in [3.8, 4) is 16.9 Å². The minimum absolute atomic E-state index is 0.0121. The highest BCUT2D eigenvalue weighted by Crippen LogP contribution is 2.38. The number of amides is 3. The maximum absolute atomic E-state index is 15.2. The zero-order chi connectivity index (χ0) is 37.2. The highest BCUT2D eigenvalue weighted by molar-refractivity contribution is 6.32. The molecule has 1 aromatic heterocycles. The molecule has 4 heterocycles. The maximum Gasteiger partial charge on any atom is 0.258 e. The molecule has 3 aliphatic rings. The van der Waals surface area contributed by atoms with Gasteiger partial charge in [0.05, 0.1) is 13.7 Å². The lowest BCUT2D eigenvalue weighted by molar-refractivity contribution is -0.134. The summed E-state index contributed by atoms with van der Waals surface area (Å²) < 4.78 is 22.7. The van der Waals surface area contributed by atoms with Crippen molar-refractivity contribution in [1.82, 2.24) is 19.7 Å². The maximum atomic E-state index is 15.2. The zero-order valence-electron chi connectivity index (χ0n) is 30.1. The van der Waals surface area contributed by atoms with E-state index < -0.39 is 11.9 Å². The SMILES string of the molecule is COc1cc(-c2cn(C)c(=O)c3ccccc23)cc(Cl)c1CC1CCN(CC(=O)N2CCC(c3ccc(NC4CCC(=O)NC4=O)cc3F)CC2)CC1.